The van der Waals surface area contributed by atoms with Crippen molar-refractivity contribution in [2.45, 2.75) is 19.4 Å². The molecule has 3 aromatic rings. The van der Waals surface area contributed by atoms with E-state index in [-0.39, 0.29) is 22.9 Å². The standard InChI is InChI=1S/C17H17N5O2/c1-11-3-4-13-15(23)14(9-18-16(13)20-11)17(24)21-8-5-12(10-21)22-7-2-6-19-22/h2-4,6-7,9,12H,5,8,10H2,1H3,(H,18,20,23). The third-order valence-corrected chi connectivity index (χ3v) is 4.46. The summed E-state index contributed by atoms with van der Waals surface area (Å²) in [4.78, 5) is 34.3. The summed E-state index contributed by atoms with van der Waals surface area (Å²) >= 11 is 0. The maximum Gasteiger partial charge on any atom is 0.259 e. The molecule has 1 aliphatic heterocycles. The number of fused-ring (bicyclic) bond motifs is 1. The first-order chi connectivity index (χ1) is 11.6. The smallest absolute Gasteiger partial charge is 0.259 e. The van der Waals surface area contributed by atoms with E-state index < -0.39 is 0 Å². The van der Waals surface area contributed by atoms with E-state index in [4.69, 9.17) is 0 Å². The number of aromatic nitrogens is 4. The van der Waals surface area contributed by atoms with Crippen LogP contribution in [0.2, 0.25) is 0 Å². The van der Waals surface area contributed by atoms with Gasteiger partial charge in [0.25, 0.3) is 5.91 Å². The molecule has 1 aliphatic rings. The lowest BCUT2D eigenvalue weighted by Crippen LogP contribution is -2.33. The molecule has 0 aromatic carbocycles. The molecule has 0 aliphatic carbocycles. The summed E-state index contributed by atoms with van der Waals surface area (Å²) in [6, 6.07) is 5.51. The van der Waals surface area contributed by atoms with E-state index in [2.05, 4.69) is 15.1 Å². The van der Waals surface area contributed by atoms with Gasteiger partial charge in [-0.1, -0.05) is 0 Å². The number of hydrogen-bond acceptors (Lipinski definition) is 4. The number of aryl methyl sites for hydroxylation is 1. The Labute approximate surface area is 137 Å². The van der Waals surface area contributed by atoms with Crippen molar-refractivity contribution in [3.8, 4) is 0 Å². The van der Waals surface area contributed by atoms with Gasteiger partial charge >= 0.3 is 0 Å². The van der Waals surface area contributed by atoms with Crippen LogP contribution in [0.25, 0.3) is 11.0 Å². The maximum absolute atomic E-state index is 12.7. The molecule has 24 heavy (non-hydrogen) atoms. The molecule has 3 aromatic heterocycles. The summed E-state index contributed by atoms with van der Waals surface area (Å²) in [5.74, 6) is -0.242. The molecular weight excluding hydrogens is 306 g/mol. The lowest BCUT2D eigenvalue weighted by molar-refractivity contribution is 0.0785. The second-order valence-corrected chi connectivity index (χ2v) is 6.06. The molecule has 0 spiro atoms. The first kappa shape index (κ1) is 14.6. The van der Waals surface area contributed by atoms with Crippen LogP contribution in [0, 0.1) is 6.92 Å². The molecule has 7 nitrogen and oxygen atoms in total. The van der Waals surface area contributed by atoms with Crippen LogP contribution in [-0.4, -0.2) is 43.6 Å². The predicted molar refractivity (Wildman–Crippen MR) is 88.9 cm³/mol. The number of carbonyl (C=O) groups excluding carboxylic acids is 1. The van der Waals surface area contributed by atoms with Gasteiger partial charge in [0, 0.05) is 37.4 Å². The van der Waals surface area contributed by atoms with Gasteiger partial charge < -0.3 is 9.88 Å². The normalized spacial score (nSPS) is 17.5. The average Bonchev–Trinajstić information content (AvgIpc) is 3.26. The highest BCUT2D eigenvalue weighted by atomic mass is 16.2. The van der Waals surface area contributed by atoms with E-state index in [1.807, 2.05) is 23.9 Å². The molecule has 1 fully saturated rings. The van der Waals surface area contributed by atoms with E-state index in [0.29, 0.717) is 24.1 Å². The maximum atomic E-state index is 12.7. The first-order valence-electron chi connectivity index (χ1n) is 7.91. The minimum atomic E-state index is -0.274. The summed E-state index contributed by atoms with van der Waals surface area (Å²) in [5, 5.41) is 4.67. The van der Waals surface area contributed by atoms with Gasteiger partial charge in [-0.15, -0.1) is 0 Å². The summed E-state index contributed by atoms with van der Waals surface area (Å²) < 4.78 is 1.87. The van der Waals surface area contributed by atoms with Crippen molar-refractivity contribution in [1.82, 2.24) is 24.6 Å². The van der Waals surface area contributed by atoms with Gasteiger partial charge in [-0.05, 0) is 31.5 Å². The van der Waals surface area contributed by atoms with Gasteiger partial charge in [0.15, 0.2) is 0 Å². The number of nitrogens with zero attached hydrogens (tertiary/aromatic N) is 4. The lowest BCUT2D eigenvalue weighted by Gasteiger charge is -2.16. The van der Waals surface area contributed by atoms with Crippen LogP contribution >= 0.6 is 0 Å². The molecule has 122 valence electrons. The van der Waals surface area contributed by atoms with Crippen molar-refractivity contribution in [1.29, 1.82) is 0 Å². The summed E-state index contributed by atoms with van der Waals surface area (Å²) in [6.45, 7) is 3.04. The Balaban J connectivity index is 1.63. The van der Waals surface area contributed by atoms with E-state index in [9.17, 15) is 9.59 Å². The zero-order valence-electron chi connectivity index (χ0n) is 13.3. The van der Waals surface area contributed by atoms with Crippen LogP contribution in [0.1, 0.15) is 28.5 Å². The monoisotopic (exact) mass is 323 g/mol. The number of H-pyrrole nitrogens is 1. The SMILES string of the molecule is Cc1ccc2c(=O)c(C(=O)N3CCC(n4cccn4)C3)c[nH]c2n1. The molecule has 1 atom stereocenters. The average molecular weight is 323 g/mol. The van der Waals surface area contributed by atoms with Gasteiger partial charge in [-0.25, -0.2) is 4.98 Å². The van der Waals surface area contributed by atoms with Gasteiger partial charge in [0.2, 0.25) is 5.43 Å². The third kappa shape index (κ3) is 2.38. The number of likely N-dealkylation sites (tertiary alicyclic amines) is 1. The van der Waals surface area contributed by atoms with Crippen LogP contribution in [0.5, 0.6) is 0 Å². The van der Waals surface area contributed by atoms with Crippen molar-refractivity contribution in [3.63, 3.8) is 0 Å². The minimum absolute atomic E-state index is 0.160. The highest BCUT2D eigenvalue weighted by molar-refractivity contribution is 5.96. The number of rotatable bonds is 2. The number of carbonyl (C=O) groups is 1. The van der Waals surface area contributed by atoms with Crippen LogP contribution < -0.4 is 5.43 Å². The minimum Gasteiger partial charge on any atom is -0.345 e. The highest BCUT2D eigenvalue weighted by Crippen LogP contribution is 2.22. The molecule has 4 rings (SSSR count). The van der Waals surface area contributed by atoms with Crippen molar-refractivity contribution in [2.75, 3.05) is 13.1 Å². The fourth-order valence-corrected chi connectivity index (χ4v) is 3.17. The molecule has 1 amide bonds. The molecule has 0 saturated carbocycles. The second kappa shape index (κ2) is 5.59. The molecule has 4 heterocycles. The Morgan fingerprint density at radius 2 is 2.25 bits per heavy atom. The Kier molecular flexibility index (Phi) is 3.41. The molecule has 0 radical (unpaired) electrons. The number of hydrogen-bond donors (Lipinski definition) is 1. The van der Waals surface area contributed by atoms with Gasteiger partial charge in [-0.2, -0.15) is 5.10 Å². The Hall–Kier alpha value is -2.96. The summed E-state index contributed by atoms with van der Waals surface area (Å²) in [6.07, 6.45) is 5.93. The van der Waals surface area contributed by atoms with Crippen LogP contribution in [0.15, 0.2) is 41.6 Å². The molecule has 0 bridgehead atoms. The quantitative estimate of drug-likeness (QED) is 0.775. The Morgan fingerprint density at radius 3 is 3.04 bits per heavy atom. The lowest BCUT2D eigenvalue weighted by atomic mass is 10.1. The van der Waals surface area contributed by atoms with Crippen LogP contribution in [0.4, 0.5) is 0 Å². The van der Waals surface area contributed by atoms with Crippen LogP contribution in [-0.2, 0) is 0 Å². The zero-order chi connectivity index (χ0) is 16.7. The van der Waals surface area contributed by atoms with Gasteiger partial charge in [-0.3, -0.25) is 14.3 Å². The van der Waals surface area contributed by atoms with E-state index in [1.54, 1.807) is 23.2 Å². The van der Waals surface area contributed by atoms with Gasteiger partial charge in [0.1, 0.15) is 11.2 Å². The fourth-order valence-electron chi connectivity index (χ4n) is 3.17. The fraction of sp³-hybridized carbons (Fsp3) is 0.294. The van der Waals surface area contributed by atoms with E-state index in [1.165, 1.54) is 6.20 Å². The highest BCUT2D eigenvalue weighted by Gasteiger charge is 2.29. The summed E-state index contributed by atoms with van der Waals surface area (Å²) in [5.41, 5.74) is 1.21. The predicted octanol–water partition coefficient (Wildman–Crippen LogP) is 1.52. The molecule has 7 heteroatoms. The van der Waals surface area contributed by atoms with Gasteiger partial charge in [0.05, 0.1) is 11.4 Å². The summed E-state index contributed by atoms with van der Waals surface area (Å²) in [7, 11) is 0. The molecule has 1 unspecified atom stereocenters. The van der Waals surface area contributed by atoms with Crippen molar-refractivity contribution in [3.05, 3.63) is 58.3 Å². The molecule has 1 N–H and O–H groups in total. The largest absolute Gasteiger partial charge is 0.345 e. The Morgan fingerprint density at radius 1 is 1.38 bits per heavy atom. The van der Waals surface area contributed by atoms with Crippen molar-refractivity contribution < 1.29 is 4.79 Å². The Bertz CT molecular complexity index is 961. The third-order valence-electron chi connectivity index (χ3n) is 4.46. The number of aromatic amines is 1. The van der Waals surface area contributed by atoms with E-state index in [0.717, 1.165) is 12.1 Å². The number of pyridine rings is 2. The topological polar surface area (TPSA) is 83.9 Å². The van der Waals surface area contributed by atoms with Crippen LogP contribution in [0.3, 0.4) is 0 Å². The second-order valence-electron chi connectivity index (χ2n) is 6.06. The van der Waals surface area contributed by atoms with Crippen molar-refractivity contribution >= 4 is 16.9 Å². The zero-order valence-corrected chi connectivity index (χ0v) is 13.3. The number of amides is 1. The molecule has 1 saturated heterocycles. The van der Waals surface area contributed by atoms with Crippen molar-refractivity contribution in [2.24, 2.45) is 0 Å². The molecular formula is C17H17N5O2. The van der Waals surface area contributed by atoms with E-state index >= 15 is 0 Å². The first-order valence-corrected chi connectivity index (χ1v) is 7.91. The number of nitrogens with one attached hydrogen (secondary N) is 1.